The van der Waals surface area contributed by atoms with Gasteiger partial charge in [0.25, 0.3) is 5.91 Å². The van der Waals surface area contributed by atoms with Crippen LogP contribution < -0.4 is 5.32 Å². The highest BCUT2D eigenvalue weighted by molar-refractivity contribution is 6.07. The van der Waals surface area contributed by atoms with Gasteiger partial charge < -0.3 is 4.90 Å². The van der Waals surface area contributed by atoms with Crippen LogP contribution >= 0.6 is 0 Å². The SMILES string of the molecule is O=C1CCC(N2Cc3cc4ccncc4cc3C2=O)C(=O)N1. The molecule has 3 amide bonds. The summed E-state index contributed by atoms with van der Waals surface area (Å²) < 4.78 is 0. The van der Waals surface area contributed by atoms with Gasteiger partial charge in [-0.05, 0) is 35.6 Å². The highest BCUT2D eigenvalue weighted by atomic mass is 16.2. The molecule has 110 valence electrons. The zero-order valence-electron chi connectivity index (χ0n) is 11.7. The molecule has 2 aliphatic heterocycles. The van der Waals surface area contributed by atoms with Gasteiger partial charge in [0.2, 0.25) is 11.8 Å². The number of piperidine rings is 1. The van der Waals surface area contributed by atoms with E-state index in [1.807, 2.05) is 18.2 Å². The van der Waals surface area contributed by atoms with E-state index in [0.29, 0.717) is 18.5 Å². The Hall–Kier alpha value is -2.76. The van der Waals surface area contributed by atoms with Gasteiger partial charge >= 0.3 is 0 Å². The lowest BCUT2D eigenvalue weighted by Gasteiger charge is -2.29. The first-order valence-corrected chi connectivity index (χ1v) is 7.15. The molecule has 1 aromatic heterocycles. The van der Waals surface area contributed by atoms with Crippen LogP contribution in [-0.2, 0) is 16.1 Å². The van der Waals surface area contributed by atoms with Crippen LogP contribution in [0.5, 0.6) is 0 Å². The molecule has 6 heteroatoms. The molecule has 1 N–H and O–H groups in total. The molecule has 1 aromatic carbocycles. The summed E-state index contributed by atoms with van der Waals surface area (Å²) in [4.78, 5) is 41.5. The molecule has 0 bridgehead atoms. The molecule has 1 atom stereocenters. The lowest BCUT2D eigenvalue weighted by Crippen LogP contribution is -2.52. The number of benzene rings is 1. The average molecular weight is 295 g/mol. The maximum Gasteiger partial charge on any atom is 0.255 e. The van der Waals surface area contributed by atoms with Crippen molar-refractivity contribution in [2.45, 2.75) is 25.4 Å². The molecule has 1 unspecified atom stereocenters. The lowest BCUT2D eigenvalue weighted by atomic mass is 10.0. The molecule has 0 saturated carbocycles. The van der Waals surface area contributed by atoms with Crippen molar-refractivity contribution in [1.82, 2.24) is 15.2 Å². The zero-order chi connectivity index (χ0) is 15.3. The average Bonchev–Trinajstić information content (AvgIpc) is 2.82. The number of nitrogens with zero attached hydrogens (tertiary/aromatic N) is 2. The van der Waals surface area contributed by atoms with E-state index in [9.17, 15) is 14.4 Å². The Morgan fingerprint density at radius 1 is 1.18 bits per heavy atom. The summed E-state index contributed by atoms with van der Waals surface area (Å²) in [6.07, 6.45) is 4.08. The van der Waals surface area contributed by atoms with Gasteiger partial charge in [-0.3, -0.25) is 24.7 Å². The minimum atomic E-state index is -0.571. The summed E-state index contributed by atoms with van der Waals surface area (Å²) in [6, 6.07) is 5.12. The van der Waals surface area contributed by atoms with E-state index >= 15 is 0 Å². The van der Waals surface area contributed by atoms with Crippen molar-refractivity contribution in [1.29, 1.82) is 0 Å². The van der Waals surface area contributed by atoms with Crippen LogP contribution in [0.2, 0.25) is 0 Å². The van der Waals surface area contributed by atoms with Gasteiger partial charge in [0.1, 0.15) is 6.04 Å². The van der Waals surface area contributed by atoms with Crippen LogP contribution in [0.15, 0.2) is 30.6 Å². The van der Waals surface area contributed by atoms with Crippen LogP contribution in [0.4, 0.5) is 0 Å². The number of nitrogens with one attached hydrogen (secondary N) is 1. The number of fused-ring (bicyclic) bond motifs is 2. The predicted molar refractivity (Wildman–Crippen MR) is 77.8 cm³/mol. The number of carbonyl (C=O) groups excluding carboxylic acids is 3. The second-order valence-corrected chi connectivity index (χ2v) is 5.63. The smallest absolute Gasteiger partial charge is 0.255 e. The topological polar surface area (TPSA) is 79.4 Å². The van der Waals surface area contributed by atoms with Crippen LogP contribution in [0.25, 0.3) is 10.8 Å². The lowest BCUT2D eigenvalue weighted by molar-refractivity contribution is -0.136. The van der Waals surface area contributed by atoms with Crippen LogP contribution in [0.1, 0.15) is 28.8 Å². The number of imide groups is 1. The molecule has 4 rings (SSSR count). The summed E-state index contributed by atoms with van der Waals surface area (Å²) in [5.74, 6) is -0.818. The number of carbonyl (C=O) groups is 3. The fraction of sp³-hybridized carbons (Fsp3) is 0.250. The van der Waals surface area contributed by atoms with Crippen molar-refractivity contribution in [3.8, 4) is 0 Å². The molecular weight excluding hydrogens is 282 g/mol. The first-order valence-electron chi connectivity index (χ1n) is 7.15. The zero-order valence-corrected chi connectivity index (χ0v) is 11.7. The van der Waals surface area contributed by atoms with Gasteiger partial charge in [-0.2, -0.15) is 0 Å². The van der Waals surface area contributed by atoms with Crippen LogP contribution in [0, 0.1) is 0 Å². The summed E-state index contributed by atoms with van der Waals surface area (Å²) in [7, 11) is 0. The Bertz CT molecular complexity index is 830. The van der Waals surface area contributed by atoms with Gasteiger partial charge in [0.15, 0.2) is 0 Å². The Balaban J connectivity index is 1.71. The standard InChI is InChI=1S/C16H13N3O3/c20-14-2-1-13(15(21)18-14)19-8-11-5-9-3-4-17-7-10(9)6-12(11)16(19)22/h3-7,13H,1-2,8H2,(H,18,20,21). The van der Waals surface area contributed by atoms with Crippen molar-refractivity contribution in [2.75, 3.05) is 0 Å². The van der Waals surface area contributed by atoms with E-state index in [4.69, 9.17) is 0 Å². The molecule has 0 radical (unpaired) electrons. The number of rotatable bonds is 1. The number of aromatic nitrogens is 1. The number of hydrogen-bond donors (Lipinski definition) is 1. The van der Waals surface area contributed by atoms with Crippen molar-refractivity contribution in [3.63, 3.8) is 0 Å². The quantitative estimate of drug-likeness (QED) is 0.796. The van der Waals surface area contributed by atoms with Crippen molar-refractivity contribution in [2.24, 2.45) is 0 Å². The van der Waals surface area contributed by atoms with Gasteiger partial charge in [-0.25, -0.2) is 0 Å². The van der Waals surface area contributed by atoms with Crippen LogP contribution in [-0.4, -0.2) is 33.6 Å². The Labute approximate surface area is 126 Å². The van der Waals surface area contributed by atoms with Gasteiger partial charge in [-0.15, -0.1) is 0 Å². The molecule has 6 nitrogen and oxygen atoms in total. The molecule has 1 saturated heterocycles. The monoisotopic (exact) mass is 295 g/mol. The largest absolute Gasteiger partial charge is 0.322 e. The van der Waals surface area contributed by atoms with Crippen molar-refractivity contribution < 1.29 is 14.4 Å². The molecule has 2 aliphatic rings. The number of pyridine rings is 1. The van der Waals surface area contributed by atoms with Gasteiger partial charge in [0, 0.05) is 36.3 Å². The fourth-order valence-corrected chi connectivity index (χ4v) is 3.15. The van der Waals surface area contributed by atoms with E-state index in [0.717, 1.165) is 16.3 Å². The molecule has 1 fully saturated rings. The van der Waals surface area contributed by atoms with Crippen LogP contribution in [0.3, 0.4) is 0 Å². The summed E-state index contributed by atoms with van der Waals surface area (Å²) >= 11 is 0. The molecule has 0 spiro atoms. The normalized spacial score (nSPS) is 21.2. The molecule has 0 aliphatic carbocycles. The number of hydrogen-bond acceptors (Lipinski definition) is 4. The van der Waals surface area contributed by atoms with E-state index < -0.39 is 6.04 Å². The van der Waals surface area contributed by atoms with E-state index in [1.54, 1.807) is 17.3 Å². The van der Waals surface area contributed by atoms with Gasteiger partial charge in [-0.1, -0.05) is 0 Å². The second-order valence-electron chi connectivity index (χ2n) is 5.63. The minimum Gasteiger partial charge on any atom is -0.322 e. The predicted octanol–water partition coefficient (Wildman–Crippen LogP) is 0.996. The fourth-order valence-electron chi connectivity index (χ4n) is 3.15. The first-order chi connectivity index (χ1) is 10.6. The Morgan fingerprint density at radius 3 is 2.86 bits per heavy atom. The highest BCUT2D eigenvalue weighted by Gasteiger charge is 2.39. The maximum absolute atomic E-state index is 12.6. The third-order valence-corrected chi connectivity index (χ3v) is 4.28. The summed E-state index contributed by atoms with van der Waals surface area (Å²) in [5, 5.41) is 4.23. The summed E-state index contributed by atoms with van der Waals surface area (Å²) in [5.41, 5.74) is 1.53. The highest BCUT2D eigenvalue weighted by Crippen LogP contribution is 2.30. The van der Waals surface area contributed by atoms with Crippen molar-refractivity contribution >= 4 is 28.5 Å². The Morgan fingerprint density at radius 2 is 2.05 bits per heavy atom. The van der Waals surface area contributed by atoms with E-state index in [1.165, 1.54) is 0 Å². The van der Waals surface area contributed by atoms with Crippen molar-refractivity contribution in [3.05, 3.63) is 41.7 Å². The molecular formula is C16H13N3O3. The third kappa shape index (κ3) is 1.88. The molecule has 22 heavy (non-hydrogen) atoms. The molecule has 3 heterocycles. The van der Waals surface area contributed by atoms with E-state index in [2.05, 4.69) is 10.3 Å². The second kappa shape index (κ2) is 4.62. The molecule has 2 aromatic rings. The number of amides is 3. The first kappa shape index (κ1) is 12.9. The summed E-state index contributed by atoms with van der Waals surface area (Å²) in [6.45, 7) is 0.401. The minimum absolute atomic E-state index is 0.157. The van der Waals surface area contributed by atoms with Gasteiger partial charge in [0.05, 0.1) is 0 Å². The Kier molecular flexibility index (Phi) is 2.72. The maximum atomic E-state index is 12.6. The van der Waals surface area contributed by atoms with E-state index in [-0.39, 0.29) is 24.1 Å². The third-order valence-electron chi connectivity index (χ3n) is 4.28.